The van der Waals surface area contributed by atoms with E-state index in [0.717, 1.165) is 19.3 Å². The van der Waals surface area contributed by atoms with E-state index in [9.17, 15) is 24.6 Å². The number of aromatic nitrogens is 4. The number of nitrogen functional groups attached to an aromatic ring is 1. The number of carboxylic acid groups (broad SMARTS) is 2. The van der Waals surface area contributed by atoms with Gasteiger partial charge in [0.25, 0.3) is 5.56 Å². The van der Waals surface area contributed by atoms with Gasteiger partial charge in [-0.1, -0.05) is 12.8 Å². The average Bonchev–Trinajstić information content (AvgIpc) is 3.21. The van der Waals surface area contributed by atoms with E-state index in [2.05, 4.69) is 15.0 Å². The third-order valence-electron chi connectivity index (χ3n) is 6.05. The fourth-order valence-corrected chi connectivity index (χ4v) is 5.22. The molecule has 0 bridgehead atoms. The third kappa shape index (κ3) is 2.14. The normalized spacial score (nSPS) is 30.5. The Balaban J connectivity index is 2.02. The molecule has 2 heterocycles. The highest BCUT2D eigenvalue weighted by Gasteiger charge is 2.61. The lowest BCUT2D eigenvalue weighted by atomic mass is 9.76. The Morgan fingerprint density at radius 2 is 2.15 bits per heavy atom. The molecule has 2 saturated carbocycles. The van der Waals surface area contributed by atoms with Crippen LogP contribution in [0.3, 0.4) is 0 Å². The van der Waals surface area contributed by atoms with Crippen molar-refractivity contribution in [1.29, 1.82) is 0 Å². The van der Waals surface area contributed by atoms with E-state index < -0.39 is 29.0 Å². The minimum absolute atomic E-state index is 0.0227. The fraction of sp³-hybridized carbons (Fsp3) is 0.562. The van der Waals surface area contributed by atoms with Gasteiger partial charge in [-0.3, -0.25) is 19.4 Å². The number of anilines is 1. The summed E-state index contributed by atoms with van der Waals surface area (Å²) in [5.41, 5.74) is 4.05. The number of H-pyrrole nitrogens is 1. The zero-order valence-corrected chi connectivity index (χ0v) is 13.9. The predicted molar refractivity (Wildman–Crippen MR) is 89.4 cm³/mol. The smallest absolute Gasteiger partial charge is 0.308 e. The van der Waals surface area contributed by atoms with Crippen LogP contribution < -0.4 is 11.3 Å². The summed E-state index contributed by atoms with van der Waals surface area (Å²) in [6.07, 6.45) is 3.91. The van der Waals surface area contributed by atoms with Crippen molar-refractivity contribution in [1.82, 2.24) is 19.5 Å². The van der Waals surface area contributed by atoms with Gasteiger partial charge in [0.1, 0.15) is 0 Å². The molecule has 10 nitrogen and oxygen atoms in total. The largest absolute Gasteiger partial charge is 0.481 e. The van der Waals surface area contributed by atoms with Gasteiger partial charge in [-0.05, 0) is 24.7 Å². The number of carboxylic acids is 2. The van der Waals surface area contributed by atoms with E-state index in [1.54, 1.807) is 0 Å². The van der Waals surface area contributed by atoms with Crippen LogP contribution in [0.25, 0.3) is 11.2 Å². The van der Waals surface area contributed by atoms with Gasteiger partial charge >= 0.3 is 11.9 Å². The molecule has 2 aromatic rings. The summed E-state index contributed by atoms with van der Waals surface area (Å²) >= 11 is 0. The monoisotopic (exact) mass is 361 g/mol. The number of imidazole rings is 1. The first-order valence-electron chi connectivity index (χ1n) is 8.52. The minimum atomic E-state index is -1.22. The van der Waals surface area contributed by atoms with Crippen LogP contribution in [-0.2, 0) is 15.1 Å². The lowest BCUT2D eigenvalue weighted by Crippen LogP contribution is -2.47. The molecule has 0 spiro atoms. The number of nitrogens with one attached hydrogen (secondary N) is 1. The highest BCUT2D eigenvalue weighted by Crippen LogP contribution is 2.58. The van der Waals surface area contributed by atoms with Gasteiger partial charge in [-0.2, -0.15) is 4.98 Å². The zero-order valence-electron chi connectivity index (χ0n) is 13.9. The lowest BCUT2D eigenvalue weighted by Gasteiger charge is -2.39. The number of hydrogen-bond acceptors (Lipinski definition) is 6. The second-order valence-corrected chi connectivity index (χ2v) is 7.22. The number of hydrogen-bond donors (Lipinski definition) is 4. The first-order valence-corrected chi connectivity index (χ1v) is 8.52. The Labute approximate surface area is 147 Å². The molecule has 0 saturated heterocycles. The highest BCUT2D eigenvalue weighted by atomic mass is 16.4. The van der Waals surface area contributed by atoms with Crippen LogP contribution in [0.4, 0.5) is 5.95 Å². The molecule has 4 atom stereocenters. The van der Waals surface area contributed by atoms with Crippen LogP contribution in [0, 0.1) is 17.8 Å². The molecular weight excluding hydrogens is 342 g/mol. The summed E-state index contributed by atoms with van der Waals surface area (Å²) in [6, 6.07) is 0. The van der Waals surface area contributed by atoms with Gasteiger partial charge in [0.05, 0.1) is 24.2 Å². The maximum atomic E-state index is 12.1. The van der Waals surface area contributed by atoms with Crippen molar-refractivity contribution in [2.75, 3.05) is 5.73 Å². The summed E-state index contributed by atoms with van der Waals surface area (Å²) in [6.45, 7) is 0. The van der Waals surface area contributed by atoms with Crippen molar-refractivity contribution in [2.45, 2.75) is 37.6 Å². The molecule has 2 aliphatic rings. The third-order valence-corrected chi connectivity index (χ3v) is 6.05. The summed E-state index contributed by atoms with van der Waals surface area (Å²) < 4.78 is 1.50. The average molecular weight is 361 g/mol. The van der Waals surface area contributed by atoms with Gasteiger partial charge in [-0.25, -0.2) is 4.98 Å². The van der Waals surface area contributed by atoms with E-state index >= 15 is 0 Å². The van der Waals surface area contributed by atoms with Gasteiger partial charge in [-0.15, -0.1) is 0 Å². The number of carbonyl (C=O) groups is 2. The van der Waals surface area contributed by atoms with Crippen molar-refractivity contribution >= 4 is 29.1 Å². The van der Waals surface area contributed by atoms with Crippen molar-refractivity contribution in [2.24, 2.45) is 17.8 Å². The van der Waals surface area contributed by atoms with Crippen molar-refractivity contribution in [3.05, 3.63) is 16.7 Å². The first-order chi connectivity index (χ1) is 12.3. The van der Waals surface area contributed by atoms with Crippen LogP contribution in [0.1, 0.15) is 32.1 Å². The minimum Gasteiger partial charge on any atom is -0.481 e. The van der Waals surface area contributed by atoms with Crippen molar-refractivity contribution < 1.29 is 19.8 Å². The summed E-state index contributed by atoms with van der Waals surface area (Å²) in [5, 5.41) is 19.5. The molecule has 0 aromatic carbocycles. The molecule has 138 valence electrons. The molecular formula is C16H19N5O5. The summed E-state index contributed by atoms with van der Waals surface area (Å²) in [4.78, 5) is 46.5. The number of rotatable bonds is 4. The number of aliphatic carboxylic acids is 2. The van der Waals surface area contributed by atoms with E-state index in [0.29, 0.717) is 6.42 Å². The molecule has 2 fully saturated rings. The Kier molecular flexibility index (Phi) is 3.53. The standard InChI is InChI=1S/C16H19N5O5/c17-15-19-12-11(13(24)20-15)18-6-21(12)16(5-10(22)23)8-3-1-2-7(8)4-9(16)14(25)26/h6-9H,1-5H2,(H,22,23)(H,25,26)(H3,17,19,20,24)/t7?,8?,9-,16+/m0/s1. The highest BCUT2D eigenvalue weighted by molar-refractivity contribution is 5.78. The Morgan fingerprint density at radius 3 is 2.85 bits per heavy atom. The number of nitrogens with zero attached hydrogens (tertiary/aromatic N) is 3. The van der Waals surface area contributed by atoms with E-state index in [1.165, 1.54) is 10.9 Å². The molecule has 5 N–H and O–H groups in total. The van der Waals surface area contributed by atoms with Crippen molar-refractivity contribution in [3.63, 3.8) is 0 Å². The SMILES string of the molecule is Nc1nc2c(ncn2[C@]2(CC(=O)O)C3CCCC3C[C@H]2C(=O)O)c(=O)[nH]1. The molecule has 2 unspecified atom stereocenters. The molecule has 0 amide bonds. The second-order valence-electron chi connectivity index (χ2n) is 7.22. The summed E-state index contributed by atoms with van der Waals surface area (Å²) in [5.74, 6) is -3.15. The van der Waals surface area contributed by atoms with Crippen molar-refractivity contribution in [3.8, 4) is 0 Å². The molecule has 0 radical (unpaired) electrons. The fourth-order valence-electron chi connectivity index (χ4n) is 5.22. The number of fused-ring (bicyclic) bond motifs is 2. The quantitative estimate of drug-likeness (QED) is 0.607. The van der Waals surface area contributed by atoms with Crippen LogP contribution in [0.5, 0.6) is 0 Å². The Morgan fingerprint density at radius 1 is 1.38 bits per heavy atom. The Bertz CT molecular complexity index is 966. The van der Waals surface area contributed by atoms with Crippen LogP contribution >= 0.6 is 0 Å². The molecule has 2 aromatic heterocycles. The van der Waals surface area contributed by atoms with E-state index in [4.69, 9.17) is 5.73 Å². The Hall–Kier alpha value is -2.91. The second kappa shape index (κ2) is 5.55. The van der Waals surface area contributed by atoms with E-state index in [1.807, 2.05) is 0 Å². The molecule has 26 heavy (non-hydrogen) atoms. The zero-order chi connectivity index (χ0) is 18.6. The van der Waals surface area contributed by atoms with E-state index in [-0.39, 0.29) is 35.4 Å². The number of nitrogens with two attached hydrogens (primary N) is 1. The van der Waals surface area contributed by atoms with Gasteiger partial charge < -0.3 is 20.5 Å². The van der Waals surface area contributed by atoms with Gasteiger partial charge in [0.2, 0.25) is 5.95 Å². The predicted octanol–water partition coefficient (Wildman–Crippen LogP) is 0.393. The van der Waals surface area contributed by atoms with Crippen LogP contribution in [-0.4, -0.2) is 41.7 Å². The molecule has 10 heteroatoms. The van der Waals surface area contributed by atoms with Crippen LogP contribution in [0.15, 0.2) is 11.1 Å². The first kappa shape index (κ1) is 16.6. The molecule has 0 aliphatic heterocycles. The summed E-state index contributed by atoms with van der Waals surface area (Å²) in [7, 11) is 0. The maximum absolute atomic E-state index is 12.1. The maximum Gasteiger partial charge on any atom is 0.308 e. The molecule has 4 rings (SSSR count). The van der Waals surface area contributed by atoms with Gasteiger partial charge in [0, 0.05) is 0 Å². The van der Waals surface area contributed by atoms with Crippen LogP contribution in [0.2, 0.25) is 0 Å². The number of aromatic amines is 1. The molecule has 2 aliphatic carbocycles. The topological polar surface area (TPSA) is 164 Å². The lowest BCUT2D eigenvalue weighted by molar-refractivity contribution is -0.149. The van der Waals surface area contributed by atoms with Gasteiger partial charge in [0.15, 0.2) is 11.2 Å².